The van der Waals surface area contributed by atoms with Crippen molar-refractivity contribution in [1.29, 1.82) is 0 Å². The van der Waals surface area contributed by atoms with Crippen molar-refractivity contribution in [2.75, 3.05) is 12.4 Å². The lowest BCUT2D eigenvalue weighted by Gasteiger charge is -2.17. The molecule has 29 heavy (non-hydrogen) atoms. The van der Waals surface area contributed by atoms with E-state index >= 15 is 0 Å². The highest BCUT2D eigenvalue weighted by atomic mass is 32.2. The Morgan fingerprint density at radius 1 is 1.07 bits per heavy atom. The van der Waals surface area contributed by atoms with Crippen LogP contribution in [0.25, 0.3) is 0 Å². The fourth-order valence-electron chi connectivity index (χ4n) is 2.23. The Kier molecular flexibility index (Phi) is 8.79. The van der Waals surface area contributed by atoms with Gasteiger partial charge in [0, 0.05) is 10.9 Å². The topological polar surface area (TPSA) is 97.6 Å². The van der Waals surface area contributed by atoms with Crippen molar-refractivity contribution in [3.8, 4) is 0 Å². The van der Waals surface area contributed by atoms with E-state index in [4.69, 9.17) is 9.15 Å². The molecule has 2 aromatic rings. The van der Waals surface area contributed by atoms with E-state index in [1.807, 2.05) is 20.8 Å². The molecule has 7 nitrogen and oxygen atoms in total. The van der Waals surface area contributed by atoms with Crippen molar-refractivity contribution in [3.05, 3.63) is 54.0 Å². The number of furan rings is 1. The van der Waals surface area contributed by atoms with Gasteiger partial charge in [0.05, 0.1) is 24.1 Å². The molecule has 0 radical (unpaired) electrons. The summed E-state index contributed by atoms with van der Waals surface area (Å²) in [6.45, 7) is 5.84. The monoisotopic (exact) mass is 418 g/mol. The van der Waals surface area contributed by atoms with Gasteiger partial charge in [-0.15, -0.1) is 11.8 Å². The molecule has 156 valence electrons. The lowest BCUT2D eigenvalue weighted by atomic mass is 10.1. The number of esters is 1. The third-order valence-corrected chi connectivity index (χ3v) is 5.30. The van der Waals surface area contributed by atoms with E-state index in [-0.39, 0.29) is 36.1 Å². The Balaban J connectivity index is 1.84. The van der Waals surface area contributed by atoms with Crippen LogP contribution in [0.5, 0.6) is 0 Å². The zero-order chi connectivity index (χ0) is 21.2. The maximum Gasteiger partial charge on any atom is 0.339 e. The van der Waals surface area contributed by atoms with Gasteiger partial charge in [-0.2, -0.15) is 0 Å². The van der Waals surface area contributed by atoms with E-state index in [1.165, 1.54) is 11.8 Å². The van der Waals surface area contributed by atoms with Gasteiger partial charge in [-0.05, 0) is 37.1 Å². The van der Waals surface area contributed by atoms with Gasteiger partial charge >= 0.3 is 5.97 Å². The van der Waals surface area contributed by atoms with Gasteiger partial charge in [-0.1, -0.05) is 26.0 Å². The number of rotatable bonds is 10. The minimum atomic E-state index is -0.601. The maximum absolute atomic E-state index is 12.4. The summed E-state index contributed by atoms with van der Waals surface area (Å²) in [4.78, 5) is 36.9. The molecular formula is C21H26N2O5S. The number of benzene rings is 1. The minimum absolute atomic E-state index is 0.0104. The molecule has 2 N–H and O–H groups in total. The zero-order valence-corrected chi connectivity index (χ0v) is 17.6. The van der Waals surface area contributed by atoms with Crippen LogP contribution in [-0.2, 0) is 20.9 Å². The maximum atomic E-state index is 12.4. The van der Waals surface area contributed by atoms with E-state index in [0.717, 1.165) is 0 Å². The van der Waals surface area contributed by atoms with Crippen LogP contribution in [0.1, 0.15) is 36.9 Å². The predicted octanol–water partition coefficient (Wildman–Crippen LogP) is 3.01. The summed E-state index contributed by atoms with van der Waals surface area (Å²) >= 11 is 1.23. The van der Waals surface area contributed by atoms with E-state index in [0.29, 0.717) is 22.8 Å². The van der Waals surface area contributed by atoms with Crippen molar-refractivity contribution >= 4 is 29.5 Å². The molecule has 0 bridgehead atoms. The molecule has 0 aliphatic rings. The van der Waals surface area contributed by atoms with Crippen molar-refractivity contribution in [1.82, 2.24) is 10.6 Å². The summed E-state index contributed by atoms with van der Waals surface area (Å²) in [5, 5.41) is 5.53. The van der Waals surface area contributed by atoms with Crippen molar-refractivity contribution in [3.63, 3.8) is 0 Å². The molecule has 1 atom stereocenters. The van der Waals surface area contributed by atoms with Gasteiger partial charge in [-0.25, -0.2) is 4.79 Å². The Bertz CT molecular complexity index is 820. The number of amides is 2. The van der Waals surface area contributed by atoms with Gasteiger partial charge < -0.3 is 19.8 Å². The molecule has 0 saturated carbocycles. The molecule has 0 spiro atoms. The highest BCUT2D eigenvalue weighted by molar-refractivity contribution is 8.00. The quantitative estimate of drug-likeness (QED) is 0.455. The minimum Gasteiger partial charge on any atom is -0.467 e. The lowest BCUT2D eigenvalue weighted by molar-refractivity contribution is -0.125. The normalized spacial score (nSPS) is 11.7. The predicted molar refractivity (Wildman–Crippen MR) is 110 cm³/mol. The molecule has 1 aromatic heterocycles. The van der Waals surface area contributed by atoms with Crippen LogP contribution in [-0.4, -0.2) is 36.2 Å². The standard InChI is InChI=1S/C21H26N2O5S/c1-14(2)15(3)23-19(24)12-28-21(26)17-8-4-5-9-18(17)29-13-20(25)22-11-16-7-6-10-27-16/h4-10,14-15H,11-13H2,1-3H3,(H,22,25)(H,23,24). The largest absolute Gasteiger partial charge is 0.467 e. The molecule has 8 heteroatoms. The van der Waals surface area contributed by atoms with E-state index in [9.17, 15) is 14.4 Å². The van der Waals surface area contributed by atoms with E-state index in [1.54, 1.807) is 42.7 Å². The van der Waals surface area contributed by atoms with Gasteiger partial charge in [0.15, 0.2) is 6.61 Å². The molecular weight excluding hydrogens is 392 g/mol. The van der Waals surface area contributed by atoms with Crippen molar-refractivity contribution in [2.24, 2.45) is 5.92 Å². The highest BCUT2D eigenvalue weighted by Crippen LogP contribution is 2.23. The summed E-state index contributed by atoms with van der Waals surface area (Å²) in [6, 6.07) is 10.3. The number of hydrogen-bond acceptors (Lipinski definition) is 6. The highest BCUT2D eigenvalue weighted by Gasteiger charge is 2.17. The second-order valence-corrected chi connectivity index (χ2v) is 7.83. The Morgan fingerprint density at radius 3 is 2.52 bits per heavy atom. The second kappa shape index (κ2) is 11.3. The molecule has 0 fully saturated rings. The first-order chi connectivity index (χ1) is 13.9. The van der Waals surface area contributed by atoms with Crippen LogP contribution in [0.4, 0.5) is 0 Å². The van der Waals surface area contributed by atoms with E-state index < -0.39 is 5.97 Å². The molecule has 1 heterocycles. The first-order valence-electron chi connectivity index (χ1n) is 9.34. The molecule has 2 rings (SSSR count). The number of nitrogens with one attached hydrogen (secondary N) is 2. The number of carbonyl (C=O) groups is 3. The molecule has 0 aliphatic heterocycles. The van der Waals surface area contributed by atoms with Crippen LogP contribution in [0.2, 0.25) is 0 Å². The van der Waals surface area contributed by atoms with Gasteiger partial charge in [0.25, 0.3) is 5.91 Å². The number of thioether (sulfide) groups is 1. The summed E-state index contributed by atoms with van der Waals surface area (Å²) in [5.74, 6) is -0.0460. The van der Waals surface area contributed by atoms with Gasteiger partial charge in [0.2, 0.25) is 5.91 Å². The number of ether oxygens (including phenoxy) is 1. The Hall–Kier alpha value is -2.74. The number of carbonyl (C=O) groups excluding carboxylic acids is 3. The molecule has 0 saturated heterocycles. The van der Waals surface area contributed by atoms with Crippen LogP contribution < -0.4 is 10.6 Å². The summed E-state index contributed by atoms with van der Waals surface area (Å²) in [5.41, 5.74) is 0.320. The lowest BCUT2D eigenvalue weighted by Crippen LogP contribution is -2.38. The van der Waals surface area contributed by atoms with Crippen LogP contribution >= 0.6 is 11.8 Å². The average molecular weight is 419 g/mol. The molecule has 1 aromatic carbocycles. The molecule has 0 aliphatic carbocycles. The average Bonchev–Trinajstić information content (AvgIpc) is 3.22. The smallest absolute Gasteiger partial charge is 0.339 e. The first-order valence-corrected chi connectivity index (χ1v) is 10.3. The third kappa shape index (κ3) is 7.65. The summed E-state index contributed by atoms with van der Waals surface area (Å²) < 4.78 is 10.3. The summed E-state index contributed by atoms with van der Waals surface area (Å²) in [7, 11) is 0. The third-order valence-electron chi connectivity index (χ3n) is 4.23. The fourth-order valence-corrected chi connectivity index (χ4v) is 3.10. The van der Waals surface area contributed by atoms with Crippen LogP contribution in [0.3, 0.4) is 0 Å². The van der Waals surface area contributed by atoms with Crippen molar-refractivity contribution in [2.45, 2.75) is 38.3 Å². The summed E-state index contributed by atoms with van der Waals surface area (Å²) in [6.07, 6.45) is 1.54. The second-order valence-electron chi connectivity index (χ2n) is 6.82. The Morgan fingerprint density at radius 2 is 1.83 bits per heavy atom. The Labute approximate surface area is 174 Å². The molecule has 2 amide bonds. The SMILES string of the molecule is CC(C)C(C)NC(=O)COC(=O)c1ccccc1SCC(=O)NCc1ccco1. The van der Waals surface area contributed by atoms with Crippen LogP contribution in [0.15, 0.2) is 52.0 Å². The van der Waals surface area contributed by atoms with E-state index in [2.05, 4.69) is 10.6 Å². The van der Waals surface area contributed by atoms with Gasteiger partial charge in [0.1, 0.15) is 5.76 Å². The zero-order valence-electron chi connectivity index (χ0n) is 16.8. The molecule has 1 unspecified atom stereocenters. The number of hydrogen-bond donors (Lipinski definition) is 2. The fraction of sp³-hybridized carbons (Fsp3) is 0.381. The van der Waals surface area contributed by atoms with Gasteiger partial charge in [-0.3, -0.25) is 9.59 Å². The van der Waals surface area contributed by atoms with Crippen LogP contribution in [0, 0.1) is 5.92 Å². The van der Waals surface area contributed by atoms with Crippen molar-refractivity contribution < 1.29 is 23.5 Å². The first kappa shape index (κ1) is 22.5.